The molecule has 2 rings (SSSR count). The van der Waals surface area contributed by atoms with Crippen molar-refractivity contribution in [3.05, 3.63) is 47.9 Å². The van der Waals surface area contributed by atoms with Crippen molar-refractivity contribution in [3.8, 4) is 11.3 Å². The molecule has 0 bridgehead atoms. The Morgan fingerprint density at radius 3 is 2.18 bits per heavy atom. The number of hydrogen-bond donors (Lipinski definition) is 0. The van der Waals surface area contributed by atoms with E-state index in [0.29, 0.717) is 0 Å². The molecule has 0 amide bonds. The maximum absolute atomic E-state index is 13.2. The van der Waals surface area contributed by atoms with E-state index in [0.717, 1.165) is 16.8 Å². The fourth-order valence-corrected chi connectivity index (χ4v) is 5.68. The molecule has 0 radical (unpaired) electrons. The maximum atomic E-state index is 13.2. The Morgan fingerprint density at radius 1 is 1.09 bits per heavy atom. The third-order valence-electron chi connectivity index (χ3n) is 4.14. The molecule has 2 aromatic rings. The molecule has 0 aliphatic rings. The van der Waals surface area contributed by atoms with Crippen molar-refractivity contribution in [2.24, 2.45) is 5.92 Å². The third kappa shape index (κ3) is 3.78. The van der Waals surface area contributed by atoms with Gasteiger partial charge in [-0.15, -0.1) is 0 Å². The second-order valence-corrected chi connectivity index (χ2v) is 17.8. The SMILES string of the molecule is [2H]C(C)(c1cc(-c2ccc(F)cc2)nc[c]1[Ge]([CH3])([CH3])[CH3])C(C)C. The molecule has 0 aliphatic heterocycles. The summed E-state index contributed by atoms with van der Waals surface area (Å²) < 4.78 is 23.3. The summed E-state index contributed by atoms with van der Waals surface area (Å²) in [5.41, 5.74) is 2.78. The van der Waals surface area contributed by atoms with Gasteiger partial charge in [-0.25, -0.2) is 0 Å². The molecule has 22 heavy (non-hydrogen) atoms. The van der Waals surface area contributed by atoms with Crippen LogP contribution in [0, 0.1) is 11.7 Å². The van der Waals surface area contributed by atoms with Crippen molar-refractivity contribution in [1.29, 1.82) is 0 Å². The van der Waals surface area contributed by atoms with E-state index in [1.807, 2.05) is 19.2 Å². The molecule has 0 N–H and O–H groups in total. The zero-order chi connectivity index (χ0) is 17.4. The van der Waals surface area contributed by atoms with Crippen LogP contribution >= 0.6 is 0 Å². The first-order valence-corrected chi connectivity index (χ1v) is 15.1. The Balaban J connectivity index is 2.65. The van der Waals surface area contributed by atoms with Gasteiger partial charge in [0.05, 0.1) is 0 Å². The van der Waals surface area contributed by atoms with E-state index in [9.17, 15) is 4.39 Å². The van der Waals surface area contributed by atoms with E-state index in [-0.39, 0.29) is 11.7 Å². The molecular weight excluding hydrogens is 334 g/mol. The molecule has 0 spiro atoms. The normalized spacial score (nSPS) is 15.5. The summed E-state index contributed by atoms with van der Waals surface area (Å²) >= 11 is -2.14. The molecule has 0 aliphatic carbocycles. The van der Waals surface area contributed by atoms with Gasteiger partial charge in [-0.3, -0.25) is 0 Å². The summed E-state index contributed by atoms with van der Waals surface area (Å²) in [6, 6.07) is 8.45. The second-order valence-electron chi connectivity index (χ2n) is 7.21. The van der Waals surface area contributed by atoms with E-state index in [1.165, 1.54) is 16.5 Å². The predicted molar refractivity (Wildman–Crippen MR) is 95.9 cm³/mol. The van der Waals surface area contributed by atoms with Crippen LogP contribution in [0.5, 0.6) is 0 Å². The summed E-state index contributed by atoms with van der Waals surface area (Å²) in [6.07, 6.45) is 1.96. The Hall–Kier alpha value is -1.16. The van der Waals surface area contributed by atoms with Gasteiger partial charge in [-0.1, -0.05) is 0 Å². The zero-order valence-electron chi connectivity index (χ0n) is 15.4. The van der Waals surface area contributed by atoms with Crippen LogP contribution in [0.1, 0.15) is 33.6 Å². The topological polar surface area (TPSA) is 12.9 Å². The van der Waals surface area contributed by atoms with Crippen molar-refractivity contribution in [1.82, 2.24) is 4.98 Å². The number of aromatic nitrogens is 1. The molecule has 0 saturated carbocycles. The molecule has 1 atom stereocenters. The van der Waals surface area contributed by atoms with Gasteiger partial charge in [0.15, 0.2) is 0 Å². The molecule has 118 valence electrons. The van der Waals surface area contributed by atoms with E-state index < -0.39 is 19.2 Å². The van der Waals surface area contributed by atoms with Crippen LogP contribution in [0.4, 0.5) is 4.39 Å². The Bertz CT molecular complexity index is 688. The average Bonchev–Trinajstić information content (AvgIpc) is 2.46. The number of pyridine rings is 1. The van der Waals surface area contributed by atoms with Gasteiger partial charge in [0.2, 0.25) is 0 Å². The molecule has 1 aromatic heterocycles. The number of rotatable bonds is 4. The number of hydrogen-bond acceptors (Lipinski definition) is 1. The van der Waals surface area contributed by atoms with Crippen LogP contribution in [0.2, 0.25) is 17.3 Å². The van der Waals surface area contributed by atoms with E-state index >= 15 is 0 Å². The number of benzene rings is 1. The Kier molecular flexibility index (Phi) is 4.67. The van der Waals surface area contributed by atoms with Gasteiger partial charge < -0.3 is 0 Å². The van der Waals surface area contributed by atoms with Crippen molar-refractivity contribution in [2.45, 2.75) is 43.9 Å². The van der Waals surface area contributed by atoms with Crippen LogP contribution in [-0.2, 0) is 0 Å². The summed E-state index contributed by atoms with van der Waals surface area (Å²) in [5, 5.41) is 0. The first-order valence-electron chi connectivity index (χ1n) is 8.30. The molecule has 1 nitrogen and oxygen atoms in total. The van der Waals surface area contributed by atoms with Gasteiger partial charge >= 0.3 is 137 Å². The van der Waals surface area contributed by atoms with Crippen LogP contribution in [0.25, 0.3) is 11.3 Å². The summed E-state index contributed by atoms with van der Waals surface area (Å²) in [5.74, 6) is 6.28. The second kappa shape index (κ2) is 6.53. The van der Waals surface area contributed by atoms with Crippen LogP contribution in [0.15, 0.2) is 36.5 Å². The molecule has 0 fully saturated rings. The third-order valence-corrected chi connectivity index (χ3v) is 8.37. The minimum absolute atomic E-state index is 0.203. The van der Waals surface area contributed by atoms with E-state index in [4.69, 9.17) is 1.37 Å². The number of nitrogens with zero attached hydrogens (tertiary/aromatic N) is 1. The van der Waals surface area contributed by atoms with E-state index in [1.54, 1.807) is 12.1 Å². The molecule has 3 heteroatoms. The zero-order valence-corrected chi connectivity index (χ0v) is 16.5. The van der Waals surface area contributed by atoms with Gasteiger partial charge in [0.1, 0.15) is 0 Å². The van der Waals surface area contributed by atoms with Crippen molar-refractivity contribution in [2.75, 3.05) is 0 Å². The van der Waals surface area contributed by atoms with E-state index in [2.05, 4.69) is 36.1 Å². The van der Waals surface area contributed by atoms with Crippen LogP contribution in [-0.4, -0.2) is 18.3 Å². The quantitative estimate of drug-likeness (QED) is 0.683. The molecule has 0 saturated heterocycles. The van der Waals surface area contributed by atoms with Crippen LogP contribution < -0.4 is 4.40 Å². The summed E-state index contributed by atoms with van der Waals surface area (Å²) in [7, 11) is 0. The van der Waals surface area contributed by atoms with Gasteiger partial charge in [0, 0.05) is 0 Å². The van der Waals surface area contributed by atoms with Crippen LogP contribution in [0.3, 0.4) is 0 Å². The molecule has 1 aromatic carbocycles. The first-order chi connectivity index (χ1) is 10.5. The van der Waals surface area contributed by atoms with Crippen molar-refractivity contribution >= 4 is 17.7 Å². The first kappa shape index (κ1) is 15.7. The fourth-order valence-electron chi connectivity index (χ4n) is 2.47. The van der Waals surface area contributed by atoms with Gasteiger partial charge in [-0.05, 0) is 0 Å². The molecule has 1 unspecified atom stereocenters. The Labute approximate surface area is 137 Å². The molecular formula is C19H26FGeN. The van der Waals surface area contributed by atoms with Gasteiger partial charge in [-0.2, -0.15) is 0 Å². The standard InChI is InChI=1S/C19H26FGeN/c1-13(2)14(3)17-11-19(15-7-9-16(20)10-8-15)22-12-18(17)21(4,5)6/h7-14H,1-6H3/i14D. The fraction of sp³-hybridized carbons (Fsp3) is 0.421. The predicted octanol–water partition coefficient (Wildman–Crippen LogP) is 5.19. The Morgan fingerprint density at radius 2 is 1.68 bits per heavy atom. The minimum atomic E-state index is -2.14. The monoisotopic (exact) mass is 362 g/mol. The van der Waals surface area contributed by atoms with Crippen molar-refractivity contribution in [3.63, 3.8) is 0 Å². The summed E-state index contributed by atoms with van der Waals surface area (Å²) in [4.78, 5) is 4.62. The van der Waals surface area contributed by atoms with Gasteiger partial charge in [0.25, 0.3) is 0 Å². The average molecular weight is 361 g/mol. The van der Waals surface area contributed by atoms with Crippen molar-refractivity contribution < 1.29 is 5.76 Å². The number of halogens is 1. The summed E-state index contributed by atoms with van der Waals surface area (Å²) in [6.45, 7) is 6.16. The molecule has 1 heterocycles.